The number of fused-ring (bicyclic) bond motifs is 2. The van der Waals surface area contributed by atoms with Crippen LogP contribution in [0.15, 0.2) is 12.1 Å². The Morgan fingerprint density at radius 3 is 2.55 bits per heavy atom. The highest BCUT2D eigenvalue weighted by Gasteiger charge is 2.27. The van der Waals surface area contributed by atoms with Gasteiger partial charge >= 0.3 is 5.97 Å². The maximum atomic E-state index is 11.4. The molecule has 0 saturated carbocycles. The second-order valence-corrected chi connectivity index (χ2v) is 5.05. The normalized spacial score (nSPS) is 15.6. The summed E-state index contributed by atoms with van der Waals surface area (Å²) < 4.78 is 12.4. The summed E-state index contributed by atoms with van der Waals surface area (Å²) in [5, 5.41) is 17.4. The third-order valence-electron chi connectivity index (χ3n) is 3.28. The van der Waals surface area contributed by atoms with Crippen LogP contribution in [0, 0.1) is 5.92 Å². The van der Waals surface area contributed by atoms with Gasteiger partial charge in [0.1, 0.15) is 18.7 Å². The molecular formula is C13H15N3O4. The number of hydrogen-bond donors (Lipinski definition) is 1. The lowest BCUT2D eigenvalue weighted by molar-refractivity contribution is -0.142. The molecule has 1 aromatic carbocycles. The number of carboxylic acid groups (broad SMARTS) is 1. The molecule has 7 heteroatoms. The van der Waals surface area contributed by atoms with E-state index in [9.17, 15) is 9.90 Å². The van der Waals surface area contributed by atoms with E-state index >= 15 is 0 Å². The first kappa shape index (κ1) is 12.7. The molecule has 2 aromatic rings. The third-order valence-corrected chi connectivity index (χ3v) is 3.28. The molecule has 0 radical (unpaired) electrons. The van der Waals surface area contributed by atoms with Gasteiger partial charge in [0.25, 0.3) is 0 Å². The first-order valence-corrected chi connectivity index (χ1v) is 6.45. The number of ether oxygens (including phenoxy) is 2. The van der Waals surface area contributed by atoms with Crippen LogP contribution in [-0.4, -0.2) is 39.3 Å². The van der Waals surface area contributed by atoms with E-state index in [-0.39, 0.29) is 5.92 Å². The molecule has 0 fully saturated rings. The lowest BCUT2D eigenvalue weighted by Crippen LogP contribution is -2.25. The molecule has 0 saturated heterocycles. The number of aliphatic carboxylic acids is 1. The summed E-state index contributed by atoms with van der Waals surface area (Å²) in [6.45, 7) is 4.65. The Bertz CT molecular complexity index is 665. The summed E-state index contributed by atoms with van der Waals surface area (Å²) in [6, 6.07) is 2.71. The summed E-state index contributed by atoms with van der Waals surface area (Å²) in [6.07, 6.45) is 0. The monoisotopic (exact) mass is 277 g/mol. The average molecular weight is 277 g/mol. The zero-order valence-corrected chi connectivity index (χ0v) is 11.2. The van der Waals surface area contributed by atoms with Crippen LogP contribution < -0.4 is 9.47 Å². The van der Waals surface area contributed by atoms with Gasteiger partial charge in [-0.1, -0.05) is 19.1 Å². The number of carbonyl (C=O) groups is 1. The van der Waals surface area contributed by atoms with Crippen molar-refractivity contribution in [3.63, 3.8) is 0 Å². The Labute approximate surface area is 115 Å². The maximum Gasteiger partial charge on any atom is 0.328 e. The summed E-state index contributed by atoms with van der Waals surface area (Å²) in [5.41, 5.74) is 1.23. The van der Waals surface area contributed by atoms with Crippen LogP contribution in [0.25, 0.3) is 11.0 Å². The molecule has 1 aromatic heterocycles. The highest BCUT2D eigenvalue weighted by Crippen LogP contribution is 2.35. The van der Waals surface area contributed by atoms with Gasteiger partial charge in [-0.05, 0) is 5.92 Å². The third kappa shape index (κ3) is 1.95. The Hall–Kier alpha value is -2.31. The fourth-order valence-corrected chi connectivity index (χ4v) is 2.35. The number of benzene rings is 1. The van der Waals surface area contributed by atoms with Crippen LogP contribution in [0.2, 0.25) is 0 Å². The van der Waals surface area contributed by atoms with Gasteiger partial charge in [0.05, 0.1) is 5.52 Å². The second-order valence-electron chi connectivity index (χ2n) is 5.05. The zero-order chi connectivity index (χ0) is 14.3. The first-order chi connectivity index (χ1) is 9.58. The van der Waals surface area contributed by atoms with Gasteiger partial charge in [0, 0.05) is 12.1 Å². The van der Waals surface area contributed by atoms with Crippen molar-refractivity contribution in [2.45, 2.75) is 19.9 Å². The predicted octanol–water partition coefficient (Wildman–Crippen LogP) is 1.48. The van der Waals surface area contributed by atoms with E-state index in [4.69, 9.17) is 9.47 Å². The summed E-state index contributed by atoms with van der Waals surface area (Å²) >= 11 is 0. The van der Waals surface area contributed by atoms with Crippen LogP contribution in [0.1, 0.15) is 19.9 Å². The smallest absolute Gasteiger partial charge is 0.328 e. The van der Waals surface area contributed by atoms with Crippen LogP contribution in [0.3, 0.4) is 0 Å². The Balaban J connectivity index is 2.15. The van der Waals surface area contributed by atoms with E-state index in [0.29, 0.717) is 35.7 Å². The fourth-order valence-electron chi connectivity index (χ4n) is 2.35. The molecule has 0 spiro atoms. The van der Waals surface area contributed by atoms with Crippen molar-refractivity contribution in [3.8, 4) is 11.5 Å². The predicted molar refractivity (Wildman–Crippen MR) is 70.0 cm³/mol. The van der Waals surface area contributed by atoms with Crippen LogP contribution in [0.5, 0.6) is 11.5 Å². The molecule has 20 heavy (non-hydrogen) atoms. The molecule has 1 aliphatic heterocycles. The Morgan fingerprint density at radius 2 is 1.95 bits per heavy atom. The molecule has 7 nitrogen and oxygen atoms in total. The molecule has 106 valence electrons. The van der Waals surface area contributed by atoms with E-state index in [1.807, 2.05) is 13.8 Å². The zero-order valence-electron chi connectivity index (χ0n) is 11.2. The van der Waals surface area contributed by atoms with E-state index < -0.39 is 12.0 Å². The lowest BCUT2D eigenvalue weighted by atomic mass is 10.0. The molecule has 2 heterocycles. The Kier molecular flexibility index (Phi) is 2.96. The minimum Gasteiger partial charge on any atom is -0.486 e. The highest BCUT2D eigenvalue weighted by molar-refractivity contribution is 5.82. The van der Waals surface area contributed by atoms with Gasteiger partial charge in [-0.15, -0.1) is 5.10 Å². The molecular weight excluding hydrogens is 262 g/mol. The summed E-state index contributed by atoms with van der Waals surface area (Å²) in [7, 11) is 0. The lowest BCUT2D eigenvalue weighted by Gasteiger charge is -2.19. The van der Waals surface area contributed by atoms with Crippen molar-refractivity contribution >= 4 is 17.0 Å². The van der Waals surface area contributed by atoms with E-state index in [1.54, 1.807) is 12.1 Å². The van der Waals surface area contributed by atoms with E-state index in [1.165, 1.54) is 4.68 Å². The number of rotatable bonds is 3. The van der Waals surface area contributed by atoms with E-state index in [2.05, 4.69) is 10.3 Å². The van der Waals surface area contributed by atoms with Crippen LogP contribution in [-0.2, 0) is 4.79 Å². The molecule has 3 rings (SSSR count). The highest BCUT2D eigenvalue weighted by atomic mass is 16.6. The van der Waals surface area contributed by atoms with Gasteiger partial charge in [0.15, 0.2) is 17.5 Å². The van der Waals surface area contributed by atoms with Crippen molar-refractivity contribution in [1.29, 1.82) is 0 Å². The first-order valence-electron chi connectivity index (χ1n) is 6.45. The van der Waals surface area contributed by atoms with Crippen molar-refractivity contribution in [3.05, 3.63) is 12.1 Å². The van der Waals surface area contributed by atoms with Gasteiger partial charge < -0.3 is 14.6 Å². The van der Waals surface area contributed by atoms with Crippen molar-refractivity contribution in [1.82, 2.24) is 15.0 Å². The SMILES string of the molecule is CC(C)C(C(=O)O)n1nnc2cc3c(cc21)OCCO3. The minimum atomic E-state index is -0.929. The standard InChI is InChI=1S/C13H15N3O4/c1-7(2)12(13(17)18)16-9-6-11-10(19-3-4-20-11)5-8(9)14-15-16/h5-7,12H,3-4H2,1-2H3,(H,17,18). The Morgan fingerprint density at radius 1 is 1.30 bits per heavy atom. The van der Waals surface area contributed by atoms with Crippen molar-refractivity contribution < 1.29 is 19.4 Å². The summed E-state index contributed by atoms with van der Waals surface area (Å²) in [4.78, 5) is 11.4. The van der Waals surface area contributed by atoms with Gasteiger partial charge in [-0.25, -0.2) is 9.48 Å². The van der Waals surface area contributed by atoms with Crippen molar-refractivity contribution in [2.24, 2.45) is 5.92 Å². The second kappa shape index (κ2) is 4.66. The van der Waals surface area contributed by atoms with Gasteiger partial charge in [-0.3, -0.25) is 0 Å². The minimum absolute atomic E-state index is 0.106. The summed E-state index contributed by atoms with van der Waals surface area (Å²) in [5.74, 6) is 0.180. The average Bonchev–Trinajstić information content (AvgIpc) is 2.78. The molecule has 1 unspecified atom stereocenters. The number of hydrogen-bond acceptors (Lipinski definition) is 5. The number of nitrogens with zero attached hydrogens (tertiary/aromatic N) is 3. The fraction of sp³-hybridized carbons (Fsp3) is 0.462. The molecule has 1 atom stereocenters. The molecule has 0 aliphatic carbocycles. The molecule has 1 aliphatic rings. The molecule has 0 bridgehead atoms. The van der Waals surface area contributed by atoms with Gasteiger partial charge in [0.2, 0.25) is 0 Å². The van der Waals surface area contributed by atoms with Crippen molar-refractivity contribution in [2.75, 3.05) is 13.2 Å². The number of carboxylic acids is 1. The van der Waals surface area contributed by atoms with Crippen LogP contribution in [0.4, 0.5) is 0 Å². The maximum absolute atomic E-state index is 11.4. The largest absolute Gasteiger partial charge is 0.486 e. The molecule has 0 amide bonds. The molecule has 1 N–H and O–H groups in total. The van der Waals surface area contributed by atoms with E-state index in [0.717, 1.165) is 0 Å². The quantitative estimate of drug-likeness (QED) is 0.914. The topological polar surface area (TPSA) is 86.5 Å². The van der Waals surface area contributed by atoms with Crippen LogP contribution >= 0.6 is 0 Å². The van der Waals surface area contributed by atoms with Gasteiger partial charge in [-0.2, -0.15) is 0 Å². The number of aromatic nitrogens is 3.